The van der Waals surface area contributed by atoms with Crippen LogP contribution in [-0.2, 0) is 14.2 Å². The number of nitrogen functional groups attached to an aromatic ring is 3. The molecule has 272 valence electrons. The van der Waals surface area contributed by atoms with Gasteiger partial charge < -0.3 is 45.1 Å². The van der Waals surface area contributed by atoms with E-state index in [2.05, 4.69) is 0 Å². The van der Waals surface area contributed by atoms with Crippen LogP contribution in [0.5, 0.6) is 0 Å². The first kappa shape index (κ1) is 39.6. The predicted octanol–water partition coefficient (Wildman–Crippen LogP) is 5.32. The van der Waals surface area contributed by atoms with Gasteiger partial charge in [0.2, 0.25) is 0 Å². The van der Waals surface area contributed by atoms with Gasteiger partial charge >= 0.3 is 0 Å². The summed E-state index contributed by atoms with van der Waals surface area (Å²) < 4.78 is 21.4. The van der Waals surface area contributed by atoms with E-state index in [1.54, 1.807) is 53.2 Å². The Balaban J connectivity index is 0.000000197. The highest BCUT2D eigenvalue weighted by atomic mass is 16.5. The van der Waals surface area contributed by atoms with Crippen molar-refractivity contribution in [3.8, 4) is 0 Å². The zero-order valence-corrected chi connectivity index (χ0v) is 28.7. The van der Waals surface area contributed by atoms with Crippen molar-refractivity contribution >= 4 is 17.1 Å². The zero-order valence-electron chi connectivity index (χ0n) is 28.7. The van der Waals surface area contributed by atoms with E-state index in [0.29, 0.717) is 17.1 Å². The zero-order chi connectivity index (χ0) is 34.6. The number of aromatic nitrogens is 3. The van der Waals surface area contributed by atoms with E-state index in [0.717, 1.165) is 77.0 Å². The summed E-state index contributed by atoms with van der Waals surface area (Å²) >= 11 is 0. The van der Waals surface area contributed by atoms with Crippen LogP contribution in [0.3, 0.4) is 0 Å². The molecule has 6 rings (SSSR count). The quantitative estimate of drug-likeness (QED) is 0.311. The molecule has 3 saturated carbocycles. The molecule has 49 heavy (non-hydrogen) atoms. The van der Waals surface area contributed by atoms with Crippen LogP contribution < -0.4 is 33.9 Å². The molecule has 12 heteroatoms. The van der Waals surface area contributed by atoms with Crippen LogP contribution in [0.25, 0.3) is 0 Å². The van der Waals surface area contributed by atoms with E-state index in [-0.39, 0.29) is 60.5 Å². The van der Waals surface area contributed by atoms with Crippen molar-refractivity contribution in [2.75, 3.05) is 38.5 Å². The molecular formula is C37H58N6O6. The fourth-order valence-electron chi connectivity index (χ4n) is 7.21. The number of anilines is 3. The average molecular weight is 683 g/mol. The molecule has 0 aliphatic heterocycles. The van der Waals surface area contributed by atoms with Gasteiger partial charge in [-0.3, -0.25) is 14.4 Å². The number of methoxy groups -OCH3 is 3. The maximum absolute atomic E-state index is 11.9. The lowest BCUT2D eigenvalue weighted by molar-refractivity contribution is 0.0523. The van der Waals surface area contributed by atoms with E-state index in [1.807, 2.05) is 36.8 Å². The normalized spacial score (nSPS) is 25.0. The molecule has 3 heterocycles. The molecule has 0 aromatic carbocycles. The monoisotopic (exact) mass is 682 g/mol. The molecule has 0 saturated heterocycles. The van der Waals surface area contributed by atoms with Crippen molar-refractivity contribution in [3.63, 3.8) is 0 Å². The maximum Gasteiger partial charge on any atom is 0.273 e. The molecule has 3 aromatic rings. The Hall–Kier alpha value is -3.87. The van der Waals surface area contributed by atoms with E-state index in [4.69, 9.17) is 31.4 Å². The van der Waals surface area contributed by atoms with Gasteiger partial charge in [-0.1, -0.05) is 7.43 Å². The van der Waals surface area contributed by atoms with E-state index < -0.39 is 0 Å². The molecular weight excluding hydrogens is 624 g/mol. The second kappa shape index (κ2) is 19.4. The summed E-state index contributed by atoms with van der Waals surface area (Å²) in [5, 5.41) is 0. The minimum absolute atomic E-state index is 0. The number of pyridine rings is 3. The molecule has 1 unspecified atom stereocenters. The van der Waals surface area contributed by atoms with Gasteiger partial charge in [0.1, 0.15) is 0 Å². The summed E-state index contributed by atoms with van der Waals surface area (Å²) in [4.78, 5) is 35.6. The van der Waals surface area contributed by atoms with Crippen molar-refractivity contribution in [2.24, 2.45) is 0 Å². The minimum Gasteiger partial charge on any atom is -0.394 e. The van der Waals surface area contributed by atoms with E-state index in [9.17, 15) is 14.4 Å². The lowest BCUT2D eigenvalue weighted by atomic mass is 9.92. The van der Waals surface area contributed by atoms with E-state index in [1.165, 1.54) is 0 Å². The fourth-order valence-corrected chi connectivity index (χ4v) is 7.21. The van der Waals surface area contributed by atoms with Crippen LogP contribution in [-0.4, -0.2) is 53.3 Å². The molecule has 3 aliphatic rings. The third kappa shape index (κ3) is 10.6. The minimum atomic E-state index is -0.0794. The molecule has 0 spiro atoms. The summed E-state index contributed by atoms with van der Waals surface area (Å²) in [6.07, 6.45) is 18.6. The van der Waals surface area contributed by atoms with E-state index >= 15 is 0 Å². The predicted molar refractivity (Wildman–Crippen MR) is 197 cm³/mol. The number of nitrogens with zero attached hydrogens (tertiary/aromatic N) is 3. The Morgan fingerprint density at radius 2 is 0.776 bits per heavy atom. The highest BCUT2D eigenvalue weighted by molar-refractivity contribution is 5.35. The van der Waals surface area contributed by atoms with Gasteiger partial charge in [-0.05, 0) is 113 Å². The molecule has 3 fully saturated rings. The first-order chi connectivity index (χ1) is 23.2. The van der Waals surface area contributed by atoms with Crippen molar-refractivity contribution < 1.29 is 14.2 Å². The van der Waals surface area contributed by atoms with Gasteiger partial charge in [0.25, 0.3) is 16.7 Å². The number of hydrogen-bond acceptors (Lipinski definition) is 9. The first-order valence-corrected chi connectivity index (χ1v) is 17.1. The van der Waals surface area contributed by atoms with Gasteiger partial charge in [0.05, 0.1) is 35.4 Å². The van der Waals surface area contributed by atoms with Crippen LogP contribution in [0.15, 0.2) is 69.4 Å². The Morgan fingerprint density at radius 3 is 1.02 bits per heavy atom. The number of rotatable bonds is 6. The Kier molecular flexibility index (Phi) is 15.6. The Morgan fingerprint density at radius 1 is 0.510 bits per heavy atom. The Bertz CT molecular complexity index is 1430. The lowest BCUT2D eigenvalue weighted by Crippen LogP contribution is -2.31. The largest absolute Gasteiger partial charge is 0.394 e. The number of hydrogen-bond donors (Lipinski definition) is 3. The number of ether oxygens (including phenoxy) is 3. The highest BCUT2D eigenvalue weighted by Gasteiger charge is 2.25. The van der Waals surface area contributed by atoms with Gasteiger partial charge in [-0.15, -0.1) is 0 Å². The van der Waals surface area contributed by atoms with Crippen LogP contribution >= 0.6 is 0 Å². The SMILES string of the molecule is C.CO[C@@H]1CCCC(n2cccc(N)c2=O)C1.CO[C@@H]1CCC[C@@H](n2cccc(N)c2=O)C1.CO[C@H]1CCC[C@H](n2cccc(N)c2=O)C1. The number of nitrogens with two attached hydrogens (primary N) is 3. The Labute approximate surface area is 290 Å². The molecule has 0 bridgehead atoms. The van der Waals surface area contributed by atoms with Crippen molar-refractivity contribution in [2.45, 2.75) is 121 Å². The molecule has 0 amide bonds. The highest BCUT2D eigenvalue weighted by Crippen LogP contribution is 2.31. The van der Waals surface area contributed by atoms with Crippen LogP contribution in [0.4, 0.5) is 17.1 Å². The third-order valence-corrected chi connectivity index (χ3v) is 9.99. The first-order valence-electron chi connectivity index (χ1n) is 17.1. The van der Waals surface area contributed by atoms with Crippen LogP contribution in [0.2, 0.25) is 0 Å². The molecule has 3 aliphatic carbocycles. The third-order valence-electron chi connectivity index (χ3n) is 9.99. The van der Waals surface area contributed by atoms with Gasteiger partial charge in [0, 0.05) is 58.0 Å². The molecule has 6 N–H and O–H groups in total. The second-order valence-electron chi connectivity index (χ2n) is 13.1. The average Bonchev–Trinajstić information content (AvgIpc) is 3.12. The standard InChI is InChI=1S/3C12H18N2O2.CH4/c3*1-16-10-5-2-4-9(8-10)14-7-3-6-11(13)12(14)15;/h3*3,6-7,9-10H,2,4-5,8,13H2,1H3;1H4/t9?,10-;2*9-,10-;/m110./s1. The molecule has 12 nitrogen and oxygen atoms in total. The van der Waals surface area contributed by atoms with Gasteiger partial charge in [-0.25, -0.2) is 0 Å². The molecule has 6 atom stereocenters. The van der Waals surface area contributed by atoms with Crippen molar-refractivity contribution in [1.82, 2.24) is 13.7 Å². The molecule has 3 aromatic heterocycles. The van der Waals surface area contributed by atoms with Crippen LogP contribution in [0, 0.1) is 0 Å². The smallest absolute Gasteiger partial charge is 0.273 e. The van der Waals surface area contributed by atoms with Gasteiger partial charge in [0.15, 0.2) is 0 Å². The fraction of sp³-hybridized carbons (Fsp3) is 0.595. The van der Waals surface area contributed by atoms with Crippen LogP contribution in [0.1, 0.15) is 103 Å². The summed E-state index contributed by atoms with van der Waals surface area (Å²) in [5.74, 6) is 0. The van der Waals surface area contributed by atoms with Crippen molar-refractivity contribution in [3.05, 3.63) is 86.1 Å². The summed E-state index contributed by atoms with van der Waals surface area (Å²) in [7, 11) is 5.19. The summed E-state index contributed by atoms with van der Waals surface area (Å²) in [6, 6.07) is 11.1. The van der Waals surface area contributed by atoms with Crippen molar-refractivity contribution in [1.29, 1.82) is 0 Å². The maximum atomic E-state index is 11.9. The lowest BCUT2D eigenvalue weighted by Gasteiger charge is -2.29. The summed E-state index contributed by atoms with van der Waals surface area (Å²) in [5.41, 5.74) is 17.6. The van der Waals surface area contributed by atoms with Gasteiger partial charge in [-0.2, -0.15) is 0 Å². The summed E-state index contributed by atoms with van der Waals surface area (Å²) in [6.45, 7) is 0. The second-order valence-corrected chi connectivity index (χ2v) is 13.1. The molecule has 0 radical (unpaired) electrons. The topological polar surface area (TPSA) is 172 Å².